The van der Waals surface area contributed by atoms with E-state index in [1.165, 1.54) is 5.56 Å². The van der Waals surface area contributed by atoms with Crippen LogP contribution < -0.4 is 5.43 Å². The second-order valence-electron chi connectivity index (χ2n) is 5.94. The second kappa shape index (κ2) is 7.11. The first kappa shape index (κ1) is 15.9. The number of anilines is 1. The Bertz CT molecular complexity index is 1060. The molecule has 0 aliphatic heterocycles. The van der Waals surface area contributed by atoms with Gasteiger partial charge in [-0.15, -0.1) is 0 Å². The van der Waals surface area contributed by atoms with Crippen LogP contribution in [-0.2, 0) is 0 Å². The van der Waals surface area contributed by atoms with Crippen molar-refractivity contribution in [3.05, 3.63) is 84.2 Å². The van der Waals surface area contributed by atoms with E-state index in [0.29, 0.717) is 11.6 Å². The topological polar surface area (TPSA) is 63.1 Å². The Balaban J connectivity index is 1.72. The van der Waals surface area contributed by atoms with Gasteiger partial charge in [-0.1, -0.05) is 48.0 Å². The van der Waals surface area contributed by atoms with Crippen LogP contribution in [0, 0.1) is 6.92 Å². The number of hydrazone groups is 1. The number of rotatable bonds is 4. The number of benzene rings is 2. The first-order chi connectivity index (χ1) is 12.8. The third-order valence-electron chi connectivity index (χ3n) is 3.98. The number of hydrogen-bond acceptors (Lipinski definition) is 5. The van der Waals surface area contributed by atoms with E-state index in [1.54, 1.807) is 18.6 Å². The van der Waals surface area contributed by atoms with E-state index in [9.17, 15) is 0 Å². The van der Waals surface area contributed by atoms with Crippen molar-refractivity contribution in [1.29, 1.82) is 0 Å². The maximum atomic E-state index is 4.69. The summed E-state index contributed by atoms with van der Waals surface area (Å²) in [5.74, 6) is 1.34. The molecule has 0 saturated carbocycles. The molecule has 2 aromatic heterocycles. The van der Waals surface area contributed by atoms with Crippen molar-refractivity contribution in [2.45, 2.75) is 6.92 Å². The highest BCUT2D eigenvalue weighted by Crippen LogP contribution is 2.25. The van der Waals surface area contributed by atoms with E-state index in [1.807, 2.05) is 48.5 Å². The van der Waals surface area contributed by atoms with Gasteiger partial charge < -0.3 is 0 Å². The number of aromatic nitrogens is 3. The third-order valence-corrected chi connectivity index (χ3v) is 3.98. The fourth-order valence-corrected chi connectivity index (χ4v) is 2.61. The summed E-state index contributed by atoms with van der Waals surface area (Å²) in [6.45, 7) is 2.06. The zero-order valence-electron chi connectivity index (χ0n) is 14.3. The van der Waals surface area contributed by atoms with E-state index < -0.39 is 0 Å². The summed E-state index contributed by atoms with van der Waals surface area (Å²) in [6.07, 6.45) is 5.20. The number of nitrogens with one attached hydrogen (secondary N) is 1. The monoisotopic (exact) mass is 339 g/mol. The molecule has 0 atom stereocenters. The van der Waals surface area contributed by atoms with Crippen molar-refractivity contribution in [2.24, 2.45) is 5.10 Å². The van der Waals surface area contributed by atoms with Gasteiger partial charge in [-0.2, -0.15) is 5.10 Å². The average molecular weight is 339 g/mol. The lowest BCUT2D eigenvalue weighted by molar-refractivity contribution is 1.19. The van der Waals surface area contributed by atoms with Gasteiger partial charge in [0.15, 0.2) is 11.6 Å². The van der Waals surface area contributed by atoms with Crippen LogP contribution in [0.4, 0.5) is 5.82 Å². The van der Waals surface area contributed by atoms with Gasteiger partial charge >= 0.3 is 0 Å². The third kappa shape index (κ3) is 3.42. The summed E-state index contributed by atoms with van der Waals surface area (Å²) < 4.78 is 0. The maximum Gasteiger partial charge on any atom is 0.162 e. The molecule has 4 rings (SSSR count). The highest BCUT2D eigenvalue weighted by Gasteiger charge is 2.08. The second-order valence-corrected chi connectivity index (χ2v) is 5.94. The van der Waals surface area contributed by atoms with E-state index in [0.717, 1.165) is 22.0 Å². The molecule has 0 radical (unpaired) electrons. The van der Waals surface area contributed by atoms with Crippen LogP contribution in [0.15, 0.2) is 78.2 Å². The summed E-state index contributed by atoms with van der Waals surface area (Å²) >= 11 is 0. The molecular formula is C21H17N5. The minimum atomic E-state index is 0.669. The summed E-state index contributed by atoms with van der Waals surface area (Å²) in [4.78, 5) is 13.4. The number of nitrogens with zero attached hydrogens (tertiary/aromatic N) is 4. The largest absolute Gasteiger partial charge is 0.264 e. The normalized spacial score (nSPS) is 11.1. The summed E-state index contributed by atoms with van der Waals surface area (Å²) in [5, 5.41) is 5.23. The van der Waals surface area contributed by atoms with Crippen molar-refractivity contribution in [1.82, 2.24) is 15.0 Å². The lowest BCUT2D eigenvalue weighted by Gasteiger charge is -2.08. The Labute approximate surface area is 151 Å². The lowest BCUT2D eigenvalue weighted by Crippen LogP contribution is -1.99. The minimum absolute atomic E-state index is 0.669. The van der Waals surface area contributed by atoms with Gasteiger partial charge in [0.25, 0.3) is 0 Å². The molecule has 0 bridgehead atoms. The Morgan fingerprint density at radius 1 is 0.923 bits per heavy atom. The first-order valence-electron chi connectivity index (χ1n) is 8.32. The van der Waals surface area contributed by atoms with Crippen LogP contribution in [0.25, 0.3) is 22.3 Å². The van der Waals surface area contributed by atoms with Crippen molar-refractivity contribution >= 4 is 22.9 Å². The number of hydrogen-bond donors (Lipinski definition) is 1. The van der Waals surface area contributed by atoms with Crippen LogP contribution in [-0.4, -0.2) is 21.2 Å². The van der Waals surface area contributed by atoms with Gasteiger partial charge in [-0.25, -0.2) is 9.97 Å². The number of aryl methyl sites for hydroxylation is 1. The molecule has 0 saturated heterocycles. The van der Waals surface area contributed by atoms with Crippen molar-refractivity contribution in [2.75, 3.05) is 5.43 Å². The zero-order valence-corrected chi connectivity index (χ0v) is 14.3. The molecule has 26 heavy (non-hydrogen) atoms. The molecule has 0 aliphatic carbocycles. The molecule has 0 aliphatic rings. The van der Waals surface area contributed by atoms with Gasteiger partial charge in [-0.05, 0) is 25.1 Å². The van der Waals surface area contributed by atoms with Crippen LogP contribution in [0.5, 0.6) is 0 Å². The molecule has 0 fully saturated rings. The summed E-state index contributed by atoms with van der Waals surface area (Å²) in [7, 11) is 0. The molecule has 4 aromatic rings. The number of para-hydroxylation sites is 1. The molecule has 0 amide bonds. The van der Waals surface area contributed by atoms with Crippen LogP contribution in [0.1, 0.15) is 11.1 Å². The van der Waals surface area contributed by atoms with Gasteiger partial charge in [0, 0.05) is 28.9 Å². The summed E-state index contributed by atoms with van der Waals surface area (Å²) in [6, 6.07) is 19.9. The molecule has 5 heteroatoms. The Morgan fingerprint density at radius 2 is 1.77 bits per heavy atom. The predicted molar refractivity (Wildman–Crippen MR) is 105 cm³/mol. The molecule has 5 nitrogen and oxygen atoms in total. The fourth-order valence-electron chi connectivity index (χ4n) is 2.61. The number of pyridine rings is 1. The van der Waals surface area contributed by atoms with E-state index in [-0.39, 0.29) is 0 Å². The van der Waals surface area contributed by atoms with Crippen molar-refractivity contribution < 1.29 is 0 Å². The Hall–Kier alpha value is -3.60. The minimum Gasteiger partial charge on any atom is -0.264 e. The van der Waals surface area contributed by atoms with Gasteiger partial charge in [0.2, 0.25) is 0 Å². The standard InChI is InChI=1S/C21H17N5/c1-15-8-10-17(11-9-15)20-24-19-7-3-2-6-18(19)21(25-20)26-23-14-16-5-4-12-22-13-16/h2-14H,1H3,(H,24,25,26)/b23-14-. The van der Waals surface area contributed by atoms with Gasteiger partial charge in [0.1, 0.15) is 0 Å². The molecular weight excluding hydrogens is 322 g/mol. The highest BCUT2D eigenvalue weighted by molar-refractivity contribution is 5.91. The molecule has 0 spiro atoms. The highest BCUT2D eigenvalue weighted by atomic mass is 15.3. The van der Waals surface area contributed by atoms with Crippen LogP contribution in [0.3, 0.4) is 0 Å². The molecule has 2 heterocycles. The van der Waals surface area contributed by atoms with Gasteiger partial charge in [0.05, 0.1) is 11.7 Å². The first-order valence-corrected chi connectivity index (χ1v) is 8.32. The van der Waals surface area contributed by atoms with E-state index in [2.05, 4.69) is 44.5 Å². The Morgan fingerprint density at radius 3 is 2.58 bits per heavy atom. The predicted octanol–water partition coefficient (Wildman–Crippen LogP) is 4.45. The van der Waals surface area contributed by atoms with E-state index >= 15 is 0 Å². The molecule has 1 N–H and O–H groups in total. The lowest BCUT2D eigenvalue weighted by atomic mass is 10.1. The number of fused-ring (bicyclic) bond motifs is 1. The van der Waals surface area contributed by atoms with Crippen molar-refractivity contribution in [3.63, 3.8) is 0 Å². The quantitative estimate of drug-likeness (QED) is 0.441. The average Bonchev–Trinajstić information content (AvgIpc) is 2.69. The molecule has 126 valence electrons. The molecule has 0 unspecified atom stereocenters. The van der Waals surface area contributed by atoms with Gasteiger partial charge in [-0.3, -0.25) is 10.4 Å². The zero-order chi connectivity index (χ0) is 17.8. The fraction of sp³-hybridized carbons (Fsp3) is 0.0476. The smallest absolute Gasteiger partial charge is 0.162 e. The summed E-state index contributed by atoms with van der Waals surface area (Å²) in [5.41, 5.74) is 7.01. The van der Waals surface area contributed by atoms with Crippen molar-refractivity contribution in [3.8, 4) is 11.4 Å². The Kier molecular flexibility index (Phi) is 4.35. The van der Waals surface area contributed by atoms with E-state index in [4.69, 9.17) is 0 Å². The van der Waals surface area contributed by atoms with Crippen LogP contribution in [0.2, 0.25) is 0 Å². The van der Waals surface area contributed by atoms with Crippen LogP contribution >= 0.6 is 0 Å². The maximum absolute atomic E-state index is 4.69. The SMILES string of the molecule is Cc1ccc(-c2nc(N/N=C\c3cccnc3)c3ccccc3n2)cc1. The molecule has 2 aromatic carbocycles.